The topological polar surface area (TPSA) is 70.1 Å². The van der Waals surface area contributed by atoms with E-state index in [1.54, 1.807) is 18.2 Å². The van der Waals surface area contributed by atoms with Crippen LogP contribution in [0.4, 0.5) is 15.8 Å². The summed E-state index contributed by atoms with van der Waals surface area (Å²) in [7, 11) is 1.92. The third-order valence-corrected chi connectivity index (χ3v) is 7.10. The van der Waals surface area contributed by atoms with Crippen LogP contribution < -0.4 is 14.5 Å². The molecule has 1 fully saturated rings. The van der Waals surface area contributed by atoms with E-state index >= 15 is 0 Å². The highest BCUT2D eigenvalue weighted by molar-refractivity contribution is 7.10. The molecule has 168 valence electrons. The minimum absolute atomic E-state index is 0.00852. The third kappa shape index (κ3) is 3.47. The van der Waals surface area contributed by atoms with Crippen molar-refractivity contribution in [3.8, 4) is 5.75 Å². The van der Waals surface area contributed by atoms with Gasteiger partial charge in [0, 0.05) is 23.2 Å². The van der Waals surface area contributed by atoms with Crippen molar-refractivity contribution in [1.82, 2.24) is 0 Å². The average molecular weight is 465 g/mol. The molecule has 3 aromatic rings. The summed E-state index contributed by atoms with van der Waals surface area (Å²) in [6, 6.07) is 11.7. The Labute approximate surface area is 194 Å². The van der Waals surface area contributed by atoms with E-state index in [1.807, 2.05) is 30.3 Å². The summed E-state index contributed by atoms with van der Waals surface area (Å²) in [5, 5.41) is 13.2. The van der Waals surface area contributed by atoms with Crippen LogP contribution in [-0.2, 0) is 9.59 Å². The number of anilines is 2. The standard InChI is InChI=1S/C25H21FN2O4S/c1-14-9-12-33-24(14)21-20(23(30)25(31)28(21)17-6-4-16(26)5-7-17)22(29)15-3-8-19-18(13-15)27(2)10-11-32-19/h3-9,12-13,21,29H,10-11H2,1-2H3/b22-20-. The molecule has 0 radical (unpaired) electrons. The summed E-state index contributed by atoms with van der Waals surface area (Å²) in [4.78, 5) is 30.5. The molecular formula is C25H21FN2O4S. The lowest BCUT2D eigenvalue weighted by Crippen LogP contribution is -2.29. The molecular weight excluding hydrogens is 443 g/mol. The zero-order valence-corrected chi connectivity index (χ0v) is 18.9. The van der Waals surface area contributed by atoms with Gasteiger partial charge in [0.15, 0.2) is 0 Å². The number of halogens is 1. The molecule has 33 heavy (non-hydrogen) atoms. The van der Waals surface area contributed by atoms with E-state index in [-0.39, 0.29) is 11.3 Å². The number of amides is 1. The van der Waals surface area contributed by atoms with Gasteiger partial charge in [0.05, 0.1) is 17.8 Å². The van der Waals surface area contributed by atoms with Crippen LogP contribution in [0.15, 0.2) is 59.5 Å². The predicted molar refractivity (Wildman–Crippen MR) is 125 cm³/mol. The molecule has 0 spiro atoms. The van der Waals surface area contributed by atoms with Crippen molar-refractivity contribution >= 4 is 40.2 Å². The number of hydrogen-bond acceptors (Lipinski definition) is 6. The van der Waals surface area contributed by atoms with E-state index in [4.69, 9.17) is 4.74 Å². The molecule has 1 saturated heterocycles. The van der Waals surface area contributed by atoms with Crippen LogP contribution in [0.5, 0.6) is 5.75 Å². The second-order valence-corrected chi connectivity index (χ2v) is 9.01. The fraction of sp³-hybridized carbons (Fsp3) is 0.200. The summed E-state index contributed by atoms with van der Waals surface area (Å²) in [6.07, 6.45) is 0. The summed E-state index contributed by atoms with van der Waals surface area (Å²) in [6.45, 7) is 3.15. The highest BCUT2D eigenvalue weighted by Crippen LogP contribution is 2.45. The monoisotopic (exact) mass is 464 g/mol. The van der Waals surface area contributed by atoms with E-state index < -0.39 is 23.5 Å². The SMILES string of the molecule is Cc1ccsc1C1/C(=C(/O)c2ccc3c(c2)N(C)CCO3)C(=O)C(=O)N1c1ccc(F)cc1. The number of ether oxygens (including phenoxy) is 1. The number of rotatable bonds is 3. The van der Waals surface area contributed by atoms with E-state index in [2.05, 4.69) is 0 Å². The smallest absolute Gasteiger partial charge is 0.300 e. The van der Waals surface area contributed by atoms with Gasteiger partial charge in [-0.05, 0) is 66.4 Å². The van der Waals surface area contributed by atoms with Crippen molar-refractivity contribution in [3.05, 3.63) is 81.3 Å². The van der Waals surface area contributed by atoms with Crippen molar-refractivity contribution in [1.29, 1.82) is 0 Å². The van der Waals surface area contributed by atoms with E-state index in [1.165, 1.54) is 40.5 Å². The largest absolute Gasteiger partial charge is 0.507 e. The molecule has 2 aliphatic heterocycles. The molecule has 0 bridgehead atoms. The van der Waals surface area contributed by atoms with Gasteiger partial charge in [-0.25, -0.2) is 4.39 Å². The lowest BCUT2D eigenvalue weighted by Gasteiger charge is -2.28. The van der Waals surface area contributed by atoms with Gasteiger partial charge in [0.1, 0.15) is 30.0 Å². The second-order valence-electron chi connectivity index (χ2n) is 8.07. The van der Waals surface area contributed by atoms with Crippen LogP contribution in [0.1, 0.15) is 22.0 Å². The van der Waals surface area contributed by atoms with Crippen LogP contribution in [0.2, 0.25) is 0 Å². The van der Waals surface area contributed by atoms with Crippen molar-refractivity contribution in [2.75, 3.05) is 30.0 Å². The maximum Gasteiger partial charge on any atom is 0.300 e. The molecule has 0 aliphatic carbocycles. The number of carbonyl (C=O) groups is 2. The Kier molecular flexibility index (Phi) is 5.17. The Morgan fingerprint density at radius 1 is 1.15 bits per heavy atom. The number of carbonyl (C=O) groups excluding carboxylic acids is 2. The van der Waals surface area contributed by atoms with Crippen LogP contribution in [0, 0.1) is 12.7 Å². The first-order chi connectivity index (χ1) is 15.9. The molecule has 1 atom stereocenters. The first-order valence-electron chi connectivity index (χ1n) is 10.5. The highest BCUT2D eigenvalue weighted by atomic mass is 32.1. The fourth-order valence-corrected chi connectivity index (χ4v) is 5.29. The van der Waals surface area contributed by atoms with Gasteiger partial charge < -0.3 is 14.7 Å². The average Bonchev–Trinajstić information content (AvgIpc) is 3.34. The molecule has 6 nitrogen and oxygen atoms in total. The van der Waals surface area contributed by atoms with Crippen LogP contribution >= 0.6 is 11.3 Å². The Hall–Kier alpha value is -3.65. The van der Waals surface area contributed by atoms with Crippen LogP contribution in [-0.4, -0.2) is 37.0 Å². The minimum Gasteiger partial charge on any atom is -0.507 e. The number of nitrogens with zero attached hydrogens (tertiary/aromatic N) is 2. The van der Waals surface area contributed by atoms with Gasteiger partial charge in [0.25, 0.3) is 11.7 Å². The molecule has 3 heterocycles. The number of Topliss-reactive ketones (excluding diaryl/α,β-unsaturated/α-hetero) is 1. The molecule has 1 aromatic heterocycles. The van der Waals surface area contributed by atoms with Crippen LogP contribution in [0.25, 0.3) is 5.76 Å². The summed E-state index contributed by atoms with van der Waals surface area (Å²) >= 11 is 1.40. The number of aliphatic hydroxyl groups is 1. The molecule has 1 unspecified atom stereocenters. The Bertz CT molecular complexity index is 1300. The van der Waals surface area contributed by atoms with Gasteiger partial charge in [-0.1, -0.05) is 0 Å². The van der Waals surface area contributed by atoms with E-state index in [0.29, 0.717) is 30.2 Å². The van der Waals surface area contributed by atoms with Gasteiger partial charge in [-0.15, -0.1) is 11.3 Å². The Balaban J connectivity index is 1.69. The fourth-order valence-electron chi connectivity index (χ4n) is 4.27. The number of aryl methyl sites for hydroxylation is 1. The first-order valence-corrected chi connectivity index (χ1v) is 11.3. The molecule has 1 amide bonds. The van der Waals surface area contributed by atoms with Gasteiger partial charge in [-0.3, -0.25) is 14.5 Å². The number of benzene rings is 2. The Morgan fingerprint density at radius 2 is 1.91 bits per heavy atom. The molecule has 8 heteroatoms. The number of thiophene rings is 1. The lowest BCUT2D eigenvalue weighted by molar-refractivity contribution is -0.132. The first kappa shape index (κ1) is 21.2. The normalized spacial score (nSPS) is 19.5. The second kappa shape index (κ2) is 8.04. The number of likely N-dealkylation sites (N-methyl/N-ethyl adjacent to an activating group) is 1. The summed E-state index contributed by atoms with van der Waals surface area (Å²) in [5.41, 5.74) is 2.50. The maximum absolute atomic E-state index is 13.5. The predicted octanol–water partition coefficient (Wildman–Crippen LogP) is 4.65. The van der Waals surface area contributed by atoms with E-state index in [9.17, 15) is 19.1 Å². The maximum atomic E-state index is 13.5. The minimum atomic E-state index is -0.819. The van der Waals surface area contributed by atoms with Crippen molar-refractivity contribution in [2.24, 2.45) is 0 Å². The van der Waals surface area contributed by atoms with Gasteiger partial charge in [-0.2, -0.15) is 0 Å². The third-order valence-electron chi connectivity index (χ3n) is 6.03. The number of aliphatic hydroxyl groups excluding tert-OH is 1. The number of hydrogen-bond donors (Lipinski definition) is 1. The zero-order chi connectivity index (χ0) is 23.3. The highest BCUT2D eigenvalue weighted by Gasteiger charge is 2.48. The van der Waals surface area contributed by atoms with Crippen molar-refractivity contribution in [2.45, 2.75) is 13.0 Å². The van der Waals surface area contributed by atoms with Crippen LogP contribution in [0.3, 0.4) is 0 Å². The summed E-state index contributed by atoms with van der Waals surface area (Å²) in [5.74, 6) is -1.55. The molecule has 2 aromatic carbocycles. The number of fused-ring (bicyclic) bond motifs is 1. The Morgan fingerprint density at radius 3 is 2.61 bits per heavy atom. The molecule has 1 N–H and O–H groups in total. The van der Waals surface area contributed by atoms with E-state index in [0.717, 1.165) is 16.1 Å². The molecule has 5 rings (SSSR count). The molecule has 2 aliphatic rings. The van der Waals surface area contributed by atoms with Gasteiger partial charge in [0.2, 0.25) is 0 Å². The lowest BCUT2D eigenvalue weighted by atomic mass is 9.97. The summed E-state index contributed by atoms with van der Waals surface area (Å²) < 4.78 is 19.2. The molecule has 0 saturated carbocycles. The van der Waals surface area contributed by atoms with Gasteiger partial charge >= 0.3 is 0 Å². The number of ketones is 1. The zero-order valence-electron chi connectivity index (χ0n) is 18.0. The quantitative estimate of drug-likeness (QED) is 0.347. The van der Waals surface area contributed by atoms with Crippen molar-refractivity contribution < 1.29 is 23.8 Å². The van der Waals surface area contributed by atoms with Crippen molar-refractivity contribution in [3.63, 3.8) is 0 Å².